The number of benzene rings is 1. The fraction of sp³-hybridized carbons (Fsp3) is 0.571. The highest BCUT2D eigenvalue weighted by atomic mass is 16.6. The summed E-state index contributed by atoms with van der Waals surface area (Å²) in [6.45, 7) is 8.37. The molecule has 0 aromatic heterocycles. The average molecular weight is 263 g/mol. The van der Waals surface area contributed by atoms with Crippen LogP contribution in [0.1, 0.15) is 25.8 Å². The van der Waals surface area contributed by atoms with Gasteiger partial charge in [0.2, 0.25) is 0 Å². The van der Waals surface area contributed by atoms with E-state index in [4.69, 9.17) is 5.73 Å². The van der Waals surface area contributed by atoms with Crippen LogP contribution in [0.15, 0.2) is 12.1 Å². The first-order valence-electron chi connectivity index (χ1n) is 6.68. The molecule has 2 rings (SSSR count). The molecule has 0 bridgehead atoms. The maximum atomic E-state index is 10.9. The van der Waals surface area contributed by atoms with E-state index >= 15 is 0 Å². The first-order chi connectivity index (χ1) is 8.88. The van der Waals surface area contributed by atoms with Crippen LogP contribution >= 0.6 is 0 Å². The minimum atomic E-state index is -0.423. The molecule has 0 saturated carbocycles. The van der Waals surface area contributed by atoms with Crippen molar-refractivity contribution in [3.8, 4) is 0 Å². The summed E-state index contributed by atoms with van der Waals surface area (Å²) in [5.41, 5.74) is 7.99. The Morgan fingerprint density at radius 3 is 2.42 bits per heavy atom. The van der Waals surface area contributed by atoms with Gasteiger partial charge in [0.1, 0.15) is 5.69 Å². The third kappa shape index (κ3) is 2.80. The summed E-state index contributed by atoms with van der Waals surface area (Å²) in [6, 6.07) is 3.33. The van der Waals surface area contributed by atoms with Crippen LogP contribution in [-0.4, -0.2) is 18.0 Å². The molecular formula is C14H21N3O2. The summed E-state index contributed by atoms with van der Waals surface area (Å²) < 4.78 is 0. The van der Waals surface area contributed by atoms with Crippen LogP contribution in [-0.2, 0) is 0 Å². The SMILES string of the molecule is Cc1cc([N+](=O)[O-])c(N)cc1N1C[C@H](C)C[C@H](C)C1. The molecule has 0 unspecified atom stereocenters. The highest BCUT2D eigenvalue weighted by Crippen LogP contribution is 2.34. The zero-order valence-electron chi connectivity index (χ0n) is 11.7. The number of anilines is 2. The molecule has 0 amide bonds. The van der Waals surface area contributed by atoms with Crippen LogP contribution in [0.25, 0.3) is 0 Å². The molecule has 1 fully saturated rings. The van der Waals surface area contributed by atoms with Gasteiger partial charge in [0, 0.05) is 24.8 Å². The van der Waals surface area contributed by atoms with E-state index in [1.807, 2.05) is 6.92 Å². The van der Waals surface area contributed by atoms with Crippen LogP contribution in [0.2, 0.25) is 0 Å². The Labute approximate surface area is 113 Å². The van der Waals surface area contributed by atoms with Gasteiger partial charge in [-0.1, -0.05) is 13.8 Å². The van der Waals surface area contributed by atoms with E-state index in [0.717, 1.165) is 24.3 Å². The zero-order chi connectivity index (χ0) is 14.2. The van der Waals surface area contributed by atoms with Crippen LogP contribution in [0.5, 0.6) is 0 Å². The molecule has 2 N–H and O–H groups in total. The second-order valence-corrected chi connectivity index (χ2v) is 5.81. The molecule has 1 aliphatic rings. The van der Waals surface area contributed by atoms with E-state index in [2.05, 4.69) is 18.7 Å². The zero-order valence-corrected chi connectivity index (χ0v) is 11.7. The normalized spacial score (nSPS) is 23.4. The molecule has 0 radical (unpaired) electrons. The molecule has 19 heavy (non-hydrogen) atoms. The molecule has 2 atom stereocenters. The molecule has 1 heterocycles. The lowest BCUT2D eigenvalue weighted by molar-refractivity contribution is -0.383. The number of nitrogen functional groups attached to an aromatic ring is 1. The number of nitro benzene ring substituents is 1. The Morgan fingerprint density at radius 2 is 1.89 bits per heavy atom. The van der Waals surface area contributed by atoms with Crippen molar-refractivity contribution in [2.75, 3.05) is 23.7 Å². The van der Waals surface area contributed by atoms with E-state index in [-0.39, 0.29) is 11.4 Å². The molecule has 1 aromatic rings. The minimum Gasteiger partial charge on any atom is -0.393 e. The fourth-order valence-corrected chi connectivity index (χ4v) is 3.06. The van der Waals surface area contributed by atoms with Crippen molar-refractivity contribution < 1.29 is 4.92 Å². The summed E-state index contributed by atoms with van der Waals surface area (Å²) in [6.07, 6.45) is 1.23. The van der Waals surface area contributed by atoms with Crippen LogP contribution in [0.3, 0.4) is 0 Å². The van der Waals surface area contributed by atoms with Gasteiger partial charge in [0.15, 0.2) is 0 Å². The second kappa shape index (κ2) is 5.07. The molecule has 1 aromatic carbocycles. The van der Waals surface area contributed by atoms with Crippen molar-refractivity contribution in [1.29, 1.82) is 0 Å². The lowest BCUT2D eigenvalue weighted by Gasteiger charge is -2.37. The predicted molar refractivity (Wildman–Crippen MR) is 77.4 cm³/mol. The Morgan fingerprint density at radius 1 is 1.32 bits per heavy atom. The third-order valence-electron chi connectivity index (χ3n) is 3.75. The highest BCUT2D eigenvalue weighted by Gasteiger charge is 2.24. The smallest absolute Gasteiger partial charge is 0.292 e. The molecule has 1 aliphatic heterocycles. The minimum absolute atomic E-state index is 0.000596. The maximum absolute atomic E-state index is 10.9. The number of hydrogen-bond donors (Lipinski definition) is 1. The van der Waals surface area contributed by atoms with Crippen LogP contribution in [0, 0.1) is 28.9 Å². The van der Waals surface area contributed by atoms with Gasteiger partial charge < -0.3 is 10.6 Å². The molecule has 0 aliphatic carbocycles. The van der Waals surface area contributed by atoms with E-state index in [0.29, 0.717) is 11.8 Å². The van der Waals surface area contributed by atoms with Gasteiger partial charge in [-0.3, -0.25) is 10.1 Å². The highest BCUT2D eigenvalue weighted by molar-refractivity contribution is 5.70. The van der Waals surface area contributed by atoms with Crippen molar-refractivity contribution >= 4 is 17.1 Å². The van der Waals surface area contributed by atoms with E-state index in [9.17, 15) is 10.1 Å². The number of nitro groups is 1. The van der Waals surface area contributed by atoms with E-state index in [1.165, 1.54) is 6.42 Å². The van der Waals surface area contributed by atoms with Gasteiger partial charge in [0.05, 0.1) is 4.92 Å². The first kappa shape index (κ1) is 13.6. The summed E-state index contributed by atoms with van der Waals surface area (Å²) in [5.74, 6) is 1.28. The number of hydrogen-bond acceptors (Lipinski definition) is 4. The Kier molecular flexibility index (Phi) is 3.64. The van der Waals surface area contributed by atoms with Gasteiger partial charge in [0.25, 0.3) is 5.69 Å². The average Bonchev–Trinajstić information content (AvgIpc) is 2.30. The van der Waals surface area contributed by atoms with Gasteiger partial charge in [-0.25, -0.2) is 0 Å². The second-order valence-electron chi connectivity index (χ2n) is 5.81. The van der Waals surface area contributed by atoms with E-state index in [1.54, 1.807) is 12.1 Å². The van der Waals surface area contributed by atoms with Crippen LogP contribution < -0.4 is 10.6 Å². The lowest BCUT2D eigenvalue weighted by Crippen LogP contribution is -2.39. The molecule has 0 spiro atoms. The van der Waals surface area contributed by atoms with Crippen LogP contribution in [0.4, 0.5) is 17.1 Å². The summed E-state index contributed by atoms with van der Waals surface area (Å²) in [4.78, 5) is 12.8. The molecule has 1 saturated heterocycles. The summed E-state index contributed by atoms with van der Waals surface area (Å²) >= 11 is 0. The monoisotopic (exact) mass is 263 g/mol. The lowest BCUT2D eigenvalue weighted by atomic mass is 9.91. The molecule has 5 heteroatoms. The van der Waals surface area contributed by atoms with Gasteiger partial charge in [-0.15, -0.1) is 0 Å². The fourth-order valence-electron chi connectivity index (χ4n) is 3.06. The van der Waals surface area contributed by atoms with Crippen molar-refractivity contribution in [2.45, 2.75) is 27.2 Å². The van der Waals surface area contributed by atoms with Crippen molar-refractivity contribution in [1.82, 2.24) is 0 Å². The number of piperidine rings is 1. The Balaban J connectivity index is 2.35. The van der Waals surface area contributed by atoms with Crippen molar-refractivity contribution in [3.63, 3.8) is 0 Å². The Hall–Kier alpha value is -1.78. The predicted octanol–water partition coefficient (Wildman–Crippen LogP) is 2.97. The topological polar surface area (TPSA) is 72.4 Å². The first-order valence-corrected chi connectivity index (χ1v) is 6.68. The standard InChI is InChI=1S/C14H21N3O2/c1-9-4-10(2)8-16(7-9)13-6-12(15)14(17(18)19)5-11(13)3/h5-6,9-10H,4,7-8,15H2,1-3H3/t9-,10+. The maximum Gasteiger partial charge on any atom is 0.292 e. The molecule has 104 valence electrons. The van der Waals surface area contributed by atoms with E-state index < -0.39 is 4.92 Å². The Bertz CT molecular complexity index is 492. The van der Waals surface area contributed by atoms with Gasteiger partial charge >= 0.3 is 0 Å². The van der Waals surface area contributed by atoms with Gasteiger partial charge in [-0.2, -0.15) is 0 Å². The van der Waals surface area contributed by atoms with Gasteiger partial charge in [-0.05, 0) is 36.8 Å². The summed E-state index contributed by atoms with van der Waals surface area (Å²) in [7, 11) is 0. The largest absolute Gasteiger partial charge is 0.393 e. The van der Waals surface area contributed by atoms with Crippen molar-refractivity contribution in [2.24, 2.45) is 11.8 Å². The summed E-state index contributed by atoms with van der Waals surface area (Å²) in [5, 5.41) is 10.9. The molecule has 5 nitrogen and oxygen atoms in total. The van der Waals surface area contributed by atoms with Crippen molar-refractivity contribution in [3.05, 3.63) is 27.8 Å². The quantitative estimate of drug-likeness (QED) is 0.506. The number of nitrogens with zero attached hydrogens (tertiary/aromatic N) is 2. The molecular weight excluding hydrogens is 242 g/mol. The number of nitrogens with two attached hydrogens (primary N) is 1. The number of rotatable bonds is 2. The number of aryl methyl sites for hydroxylation is 1. The third-order valence-corrected chi connectivity index (χ3v) is 3.75.